The Morgan fingerprint density at radius 1 is 0.426 bits per heavy atom. The van der Waals surface area contributed by atoms with Crippen LogP contribution in [-0.2, 0) is 0 Å². The molecule has 0 spiro atoms. The van der Waals surface area contributed by atoms with Crippen molar-refractivity contribution in [3.05, 3.63) is 180 Å². The van der Waals surface area contributed by atoms with Gasteiger partial charge in [0.15, 0.2) is 5.58 Å². The van der Waals surface area contributed by atoms with Crippen LogP contribution in [0.3, 0.4) is 0 Å². The van der Waals surface area contributed by atoms with Gasteiger partial charge in [-0.1, -0.05) is 125 Å². The van der Waals surface area contributed by atoms with Crippen LogP contribution in [0.5, 0.6) is 0 Å². The number of oxazole rings is 1. The number of aromatic nitrogens is 1. The van der Waals surface area contributed by atoms with Crippen molar-refractivity contribution in [3.8, 4) is 44.8 Å². The van der Waals surface area contributed by atoms with Crippen molar-refractivity contribution < 1.29 is 4.42 Å². The van der Waals surface area contributed by atoms with Gasteiger partial charge in [-0.25, -0.2) is 4.98 Å². The van der Waals surface area contributed by atoms with Gasteiger partial charge in [-0.2, -0.15) is 0 Å². The molecule has 0 aliphatic rings. The van der Waals surface area contributed by atoms with Crippen LogP contribution in [0.25, 0.3) is 55.9 Å². The van der Waals surface area contributed by atoms with E-state index >= 15 is 0 Å². The number of anilines is 3. The minimum atomic E-state index is 0.616. The maximum atomic E-state index is 6.05. The summed E-state index contributed by atoms with van der Waals surface area (Å²) in [6.07, 6.45) is 0. The SMILES string of the molecule is Brc1ccc2oc(-c3ccc(-c4ccccc4-c4ccccc4-c4ccc(N(c5ccccc5)c5ccccc5)cc4)cc3)nc2c1. The average Bonchev–Trinajstić information content (AvgIpc) is 3.56. The highest BCUT2D eigenvalue weighted by Gasteiger charge is 2.16. The summed E-state index contributed by atoms with van der Waals surface area (Å²) in [4.78, 5) is 6.99. The van der Waals surface area contributed by atoms with Gasteiger partial charge in [0.05, 0.1) is 0 Å². The molecule has 3 nitrogen and oxygen atoms in total. The van der Waals surface area contributed by atoms with E-state index in [1.54, 1.807) is 0 Å². The zero-order chi connectivity index (χ0) is 31.6. The number of hydrogen-bond acceptors (Lipinski definition) is 3. The largest absolute Gasteiger partial charge is 0.436 e. The summed E-state index contributed by atoms with van der Waals surface area (Å²) in [6.45, 7) is 0. The van der Waals surface area contributed by atoms with E-state index < -0.39 is 0 Å². The third-order valence-electron chi connectivity index (χ3n) is 8.40. The maximum absolute atomic E-state index is 6.05. The van der Waals surface area contributed by atoms with E-state index in [4.69, 9.17) is 9.40 Å². The summed E-state index contributed by atoms with van der Waals surface area (Å²) in [5.41, 5.74) is 12.9. The topological polar surface area (TPSA) is 29.3 Å². The van der Waals surface area contributed by atoms with Crippen molar-refractivity contribution in [1.82, 2.24) is 4.98 Å². The molecule has 0 bridgehead atoms. The second-order valence-corrected chi connectivity index (χ2v) is 12.3. The van der Waals surface area contributed by atoms with Crippen molar-refractivity contribution in [2.45, 2.75) is 0 Å². The van der Waals surface area contributed by atoms with Gasteiger partial charge in [0.1, 0.15) is 5.52 Å². The highest BCUT2D eigenvalue weighted by atomic mass is 79.9. The fraction of sp³-hybridized carbons (Fsp3) is 0. The third-order valence-corrected chi connectivity index (χ3v) is 8.90. The second-order valence-electron chi connectivity index (χ2n) is 11.4. The number of fused-ring (bicyclic) bond motifs is 1. The van der Waals surface area contributed by atoms with Crippen LogP contribution in [0.1, 0.15) is 0 Å². The van der Waals surface area contributed by atoms with Crippen LogP contribution in [0.2, 0.25) is 0 Å². The molecule has 224 valence electrons. The predicted molar refractivity (Wildman–Crippen MR) is 198 cm³/mol. The lowest BCUT2D eigenvalue weighted by molar-refractivity contribution is 0.620. The fourth-order valence-electron chi connectivity index (χ4n) is 6.15. The van der Waals surface area contributed by atoms with E-state index in [-0.39, 0.29) is 0 Å². The summed E-state index contributed by atoms with van der Waals surface area (Å²) < 4.78 is 7.03. The normalized spacial score (nSPS) is 11.1. The van der Waals surface area contributed by atoms with Crippen LogP contribution >= 0.6 is 15.9 Å². The van der Waals surface area contributed by atoms with Crippen LogP contribution in [0.4, 0.5) is 17.1 Å². The van der Waals surface area contributed by atoms with Gasteiger partial charge >= 0.3 is 0 Å². The third kappa shape index (κ3) is 5.76. The molecule has 0 fully saturated rings. The van der Waals surface area contributed by atoms with Gasteiger partial charge in [0.25, 0.3) is 0 Å². The molecule has 47 heavy (non-hydrogen) atoms. The summed E-state index contributed by atoms with van der Waals surface area (Å²) in [7, 11) is 0. The Morgan fingerprint density at radius 3 is 1.43 bits per heavy atom. The number of hydrogen-bond donors (Lipinski definition) is 0. The molecule has 0 N–H and O–H groups in total. The molecule has 1 heterocycles. The van der Waals surface area contributed by atoms with E-state index in [2.05, 4.69) is 179 Å². The second kappa shape index (κ2) is 12.6. The van der Waals surface area contributed by atoms with Gasteiger partial charge in [-0.05, 0) is 100 Å². The summed E-state index contributed by atoms with van der Waals surface area (Å²) in [6, 6.07) is 61.5. The maximum Gasteiger partial charge on any atom is 0.227 e. The molecule has 8 rings (SSSR count). The van der Waals surface area contributed by atoms with Gasteiger partial charge in [-0.15, -0.1) is 0 Å². The van der Waals surface area contributed by atoms with E-state index in [9.17, 15) is 0 Å². The lowest BCUT2D eigenvalue weighted by atomic mass is 9.89. The van der Waals surface area contributed by atoms with E-state index in [1.807, 2.05) is 18.2 Å². The number of para-hydroxylation sites is 2. The highest BCUT2D eigenvalue weighted by molar-refractivity contribution is 9.10. The van der Waals surface area contributed by atoms with Crippen molar-refractivity contribution in [1.29, 1.82) is 0 Å². The average molecular weight is 670 g/mol. The van der Waals surface area contributed by atoms with Crippen LogP contribution in [-0.4, -0.2) is 4.98 Å². The summed E-state index contributed by atoms with van der Waals surface area (Å²) in [5, 5.41) is 0. The van der Waals surface area contributed by atoms with Gasteiger partial charge in [0, 0.05) is 27.1 Å². The number of halogens is 1. The Kier molecular flexibility index (Phi) is 7.70. The molecule has 0 amide bonds. The van der Waals surface area contributed by atoms with Crippen LogP contribution in [0, 0.1) is 0 Å². The summed E-state index contributed by atoms with van der Waals surface area (Å²) >= 11 is 3.52. The highest BCUT2D eigenvalue weighted by Crippen LogP contribution is 2.40. The molecular weight excluding hydrogens is 640 g/mol. The first-order valence-electron chi connectivity index (χ1n) is 15.6. The number of nitrogens with zero attached hydrogens (tertiary/aromatic N) is 2. The van der Waals surface area contributed by atoms with Crippen molar-refractivity contribution in [2.75, 3.05) is 4.90 Å². The lowest BCUT2D eigenvalue weighted by Gasteiger charge is -2.25. The minimum Gasteiger partial charge on any atom is -0.436 e. The Bertz CT molecular complexity index is 2250. The standard InChI is InChI=1S/C43H29BrN2O/c44-33-25-28-42-41(29-33)45-43(47-42)32-21-19-30(20-22-32)37-15-7-9-17-39(37)40-18-10-8-16-38(40)31-23-26-36(27-24-31)46(34-11-3-1-4-12-34)35-13-5-2-6-14-35/h1-29H. The molecule has 0 unspecified atom stereocenters. The van der Waals surface area contributed by atoms with Crippen molar-refractivity contribution in [3.63, 3.8) is 0 Å². The molecule has 0 aliphatic heterocycles. The molecule has 0 saturated heterocycles. The molecular formula is C43H29BrN2O. The molecule has 7 aromatic carbocycles. The Labute approximate surface area is 282 Å². The van der Waals surface area contributed by atoms with Gasteiger partial charge < -0.3 is 9.32 Å². The quantitative estimate of drug-likeness (QED) is 0.169. The fourth-order valence-corrected chi connectivity index (χ4v) is 6.50. The molecule has 0 radical (unpaired) electrons. The molecule has 1 aromatic heterocycles. The van der Waals surface area contributed by atoms with E-state index in [0.29, 0.717) is 5.89 Å². The number of benzene rings is 7. The Morgan fingerprint density at radius 2 is 0.872 bits per heavy atom. The van der Waals surface area contributed by atoms with E-state index in [0.717, 1.165) is 49.3 Å². The first-order chi connectivity index (χ1) is 23.2. The minimum absolute atomic E-state index is 0.616. The lowest BCUT2D eigenvalue weighted by Crippen LogP contribution is -2.09. The van der Waals surface area contributed by atoms with Gasteiger partial charge in [-0.3, -0.25) is 0 Å². The first kappa shape index (κ1) is 28.7. The van der Waals surface area contributed by atoms with E-state index in [1.165, 1.54) is 22.3 Å². The molecule has 4 heteroatoms. The summed E-state index contributed by atoms with van der Waals surface area (Å²) in [5.74, 6) is 0.616. The smallest absolute Gasteiger partial charge is 0.227 e. The van der Waals surface area contributed by atoms with Crippen LogP contribution in [0.15, 0.2) is 185 Å². The zero-order valence-corrected chi connectivity index (χ0v) is 27.0. The molecule has 0 aliphatic carbocycles. The molecule has 0 atom stereocenters. The van der Waals surface area contributed by atoms with Crippen LogP contribution < -0.4 is 4.90 Å². The molecule has 8 aromatic rings. The predicted octanol–water partition coefficient (Wildman–Crippen LogP) is 12.7. The number of rotatable bonds is 7. The first-order valence-corrected chi connectivity index (χ1v) is 16.4. The van der Waals surface area contributed by atoms with Crippen molar-refractivity contribution in [2.24, 2.45) is 0 Å². The van der Waals surface area contributed by atoms with Gasteiger partial charge in [0.2, 0.25) is 5.89 Å². The molecule has 0 saturated carbocycles. The Hall–Kier alpha value is -5.71. The zero-order valence-electron chi connectivity index (χ0n) is 25.4. The monoisotopic (exact) mass is 668 g/mol. The van der Waals surface area contributed by atoms with Crippen molar-refractivity contribution >= 4 is 44.1 Å². The Balaban J connectivity index is 1.14.